The minimum absolute atomic E-state index is 0.0699. The Morgan fingerprint density at radius 3 is 2.77 bits per heavy atom. The minimum atomic E-state index is -0.508. The summed E-state index contributed by atoms with van der Waals surface area (Å²) in [5.41, 5.74) is 0.135. The van der Waals surface area contributed by atoms with Gasteiger partial charge in [-0.3, -0.25) is 9.59 Å². The van der Waals surface area contributed by atoms with Gasteiger partial charge in [-0.05, 0) is 18.2 Å². The molecule has 1 aromatic heterocycles. The van der Waals surface area contributed by atoms with Crippen molar-refractivity contribution in [1.82, 2.24) is 10.2 Å². The van der Waals surface area contributed by atoms with E-state index >= 15 is 0 Å². The number of ether oxygens (including phenoxy) is 2. The van der Waals surface area contributed by atoms with Crippen molar-refractivity contribution in [3.8, 4) is 5.75 Å². The standard InChI is InChI=1S/C14H13N3O5/c1-21-13(19)8-22-10-4-2-3-9(7-10)15-14(20)11-5-6-12(18)17-16-11/h2-7H,8H2,1H3,(H,15,20)(H,17,18). The van der Waals surface area contributed by atoms with Crippen LogP contribution in [-0.4, -0.2) is 35.8 Å². The molecule has 0 unspecified atom stereocenters. The molecule has 1 heterocycles. The van der Waals surface area contributed by atoms with Gasteiger partial charge in [0.2, 0.25) is 0 Å². The minimum Gasteiger partial charge on any atom is -0.482 e. The van der Waals surface area contributed by atoms with E-state index in [4.69, 9.17) is 4.74 Å². The third kappa shape index (κ3) is 4.17. The zero-order chi connectivity index (χ0) is 15.9. The number of esters is 1. The van der Waals surface area contributed by atoms with Crippen molar-refractivity contribution in [2.75, 3.05) is 19.0 Å². The molecule has 0 aliphatic rings. The monoisotopic (exact) mass is 303 g/mol. The maximum absolute atomic E-state index is 11.9. The molecule has 0 saturated carbocycles. The number of anilines is 1. The zero-order valence-electron chi connectivity index (χ0n) is 11.7. The van der Waals surface area contributed by atoms with E-state index < -0.39 is 17.4 Å². The molecule has 2 rings (SSSR count). The van der Waals surface area contributed by atoms with Crippen LogP contribution in [0.5, 0.6) is 5.75 Å². The summed E-state index contributed by atoms with van der Waals surface area (Å²) in [5, 5.41) is 8.40. The van der Waals surface area contributed by atoms with E-state index in [1.807, 2.05) is 0 Å². The van der Waals surface area contributed by atoms with E-state index in [0.29, 0.717) is 11.4 Å². The predicted molar refractivity (Wildman–Crippen MR) is 76.8 cm³/mol. The molecule has 114 valence electrons. The molecule has 0 aliphatic heterocycles. The van der Waals surface area contributed by atoms with E-state index in [-0.39, 0.29) is 12.3 Å². The van der Waals surface area contributed by atoms with Gasteiger partial charge in [-0.15, -0.1) is 0 Å². The van der Waals surface area contributed by atoms with Gasteiger partial charge in [-0.1, -0.05) is 6.07 Å². The molecule has 0 radical (unpaired) electrons. The third-order valence-electron chi connectivity index (χ3n) is 2.59. The highest BCUT2D eigenvalue weighted by atomic mass is 16.6. The number of carbonyl (C=O) groups is 2. The second kappa shape index (κ2) is 7.02. The molecule has 0 atom stereocenters. The summed E-state index contributed by atoms with van der Waals surface area (Å²) >= 11 is 0. The van der Waals surface area contributed by atoms with E-state index in [9.17, 15) is 14.4 Å². The van der Waals surface area contributed by atoms with Crippen molar-refractivity contribution in [2.45, 2.75) is 0 Å². The summed E-state index contributed by atoms with van der Waals surface area (Å²) in [5.74, 6) is -0.592. The number of carbonyl (C=O) groups excluding carboxylic acids is 2. The van der Waals surface area contributed by atoms with E-state index in [1.54, 1.807) is 24.3 Å². The molecule has 8 nitrogen and oxygen atoms in total. The number of rotatable bonds is 5. The number of hydrogen-bond donors (Lipinski definition) is 2. The Morgan fingerprint density at radius 2 is 2.09 bits per heavy atom. The SMILES string of the molecule is COC(=O)COc1cccc(NC(=O)c2ccc(=O)[nH]n2)c1. The normalized spacial score (nSPS) is 9.86. The van der Waals surface area contributed by atoms with Gasteiger partial charge in [0, 0.05) is 17.8 Å². The fraction of sp³-hybridized carbons (Fsp3) is 0.143. The Kier molecular flexibility index (Phi) is 4.86. The molecular formula is C14H13N3O5. The number of methoxy groups -OCH3 is 1. The lowest BCUT2D eigenvalue weighted by atomic mass is 10.3. The van der Waals surface area contributed by atoms with Gasteiger partial charge in [-0.2, -0.15) is 5.10 Å². The zero-order valence-corrected chi connectivity index (χ0v) is 11.7. The van der Waals surface area contributed by atoms with Crippen LogP contribution in [0.3, 0.4) is 0 Å². The summed E-state index contributed by atoms with van der Waals surface area (Å²) in [7, 11) is 1.26. The van der Waals surface area contributed by atoms with E-state index in [1.165, 1.54) is 19.2 Å². The Hall–Kier alpha value is -3.16. The molecule has 0 aliphatic carbocycles. The van der Waals surface area contributed by atoms with Crippen LogP contribution < -0.4 is 15.6 Å². The lowest BCUT2D eigenvalue weighted by molar-refractivity contribution is -0.142. The average Bonchev–Trinajstić information content (AvgIpc) is 2.53. The van der Waals surface area contributed by atoms with Crippen molar-refractivity contribution >= 4 is 17.6 Å². The number of H-pyrrole nitrogens is 1. The first-order valence-electron chi connectivity index (χ1n) is 6.25. The first-order chi connectivity index (χ1) is 10.6. The van der Waals surface area contributed by atoms with Gasteiger partial charge in [0.05, 0.1) is 7.11 Å². The van der Waals surface area contributed by atoms with Crippen LogP contribution in [0.1, 0.15) is 10.5 Å². The molecule has 1 amide bonds. The summed E-state index contributed by atoms with van der Waals surface area (Å²) in [6, 6.07) is 9.00. The van der Waals surface area contributed by atoms with Crippen molar-refractivity contribution in [2.24, 2.45) is 0 Å². The highest BCUT2D eigenvalue weighted by molar-refractivity contribution is 6.02. The second-order valence-electron chi connectivity index (χ2n) is 4.15. The van der Waals surface area contributed by atoms with Crippen LogP contribution in [-0.2, 0) is 9.53 Å². The Balaban J connectivity index is 2.03. The molecule has 0 fully saturated rings. The number of aromatic amines is 1. The Bertz CT molecular complexity index is 721. The van der Waals surface area contributed by atoms with Gasteiger partial charge < -0.3 is 14.8 Å². The molecule has 2 aromatic rings. The number of benzene rings is 1. The Labute approximate surface area is 125 Å². The molecule has 0 bridgehead atoms. The van der Waals surface area contributed by atoms with Crippen molar-refractivity contribution in [1.29, 1.82) is 0 Å². The maximum atomic E-state index is 11.9. The molecular weight excluding hydrogens is 290 g/mol. The number of hydrogen-bond acceptors (Lipinski definition) is 6. The lowest BCUT2D eigenvalue weighted by Crippen LogP contribution is -2.17. The smallest absolute Gasteiger partial charge is 0.343 e. The van der Waals surface area contributed by atoms with E-state index in [0.717, 1.165) is 0 Å². The van der Waals surface area contributed by atoms with Crippen LogP contribution in [0.25, 0.3) is 0 Å². The van der Waals surface area contributed by atoms with Gasteiger partial charge >= 0.3 is 5.97 Å². The van der Waals surface area contributed by atoms with Crippen LogP contribution in [0, 0.1) is 0 Å². The van der Waals surface area contributed by atoms with Gasteiger partial charge in [0.1, 0.15) is 11.4 Å². The largest absolute Gasteiger partial charge is 0.482 e. The third-order valence-corrected chi connectivity index (χ3v) is 2.59. The van der Waals surface area contributed by atoms with Crippen LogP contribution in [0.2, 0.25) is 0 Å². The number of amides is 1. The lowest BCUT2D eigenvalue weighted by Gasteiger charge is -2.08. The van der Waals surface area contributed by atoms with E-state index in [2.05, 4.69) is 20.3 Å². The number of nitrogens with one attached hydrogen (secondary N) is 2. The van der Waals surface area contributed by atoms with Gasteiger partial charge in [0.25, 0.3) is 11.5 Å². The van der Waals surface area contributed by atoms with Gasteiger partial charge in [-0.25, -0.2) is 9.89 Å². The van der Waals surface area contributed by atoms with Gasteiger partial charge in [0.15, 0.2) is 6.61 Å². The first kappa shape index (κ1) is 15.2. The summed E-state index contributed by atoms with van der Waals surface area (Å²) in [4.78, 5) is 33.8. The predicted octanol–water partition coefficient (Wildman–Crippen LogP) is 0.574. The molecule has 1 aromatic carbocycles. The quantitative estimate of drug-likeness (QED) is 0.781. The highest BCUT2D eigenvalue weighted by Crippen LogP contribution is 2.17. The molecule has 0 spiro atoms. The topological polar surface area (TPSA) is 110 Å². The fourth-order valence-electron chi connectivity index (χ4n) is 1.53. The number of aromatic nitrogens is 2. The summed E-state index contributed by atoms with van der Waals surface area (Å²) in [6.07, 6.45) is 0. The maximum Gasteiger partial charge on any atom is 0.343 e. The van der Waals surface area contributed by atoms with Crippen molar-refractivity contribution < 1.29 is 19.1 Å². The van der Waals surface area contributed by atoms with Crippen LogP contribution in [0.4, 0.5) is 5.69 Å². The number of nitrogens with zero attached hydrogens (tertiary/aromatic N) is 1. The Morgan fingerprint density at radius 1 is 1.27 bits per heavy atom. The van der Waals surface area contributed by atoms with Crippen molar-refractivity contribution in [3.63, 3.8) is 0 Å². The van der Waals surface area contributed by atoms with Crippen molar-refractivity contribution in [3.05, 3.63) is 52.4 Å². The fourth-order valence-corrected chi connectivity index (χ4v) is 1.53. The molecule has 8 heteroatoms. The summed E-state index contributed by atoms with van der Waals surface area (Å²) in [6.45, 7) is -0.227. The highest BCUT2D eigenvalue weighted by Gasteiger charge is 2.09. The molecule has 0 saturated heterocycles. The second-order valence-corrected chi connectivity index (χ2v) is 4.15. The average molecular weight is 303 g/mol. The van der Waals surface area contributed by atoms with Crippen LogP contribution >= 0.6 is 0 Å². The van der Waals surface area contributed by atoms with Crippen LogP contribution in [0.15, 0.2) is 41.2 Å². The molecule has 22 heavy (non-hydrogen) atoms. The molecule has 2 N–H and O–H groups in total. The summed E-state index contributed by atoms with van der Waals surface area (Å²) < 4.78 is 9.68. The first-order valence-corrected chi connectivity index (χ1v) is 6.25.